The third-order valence-corrected chi connectivity index (χ3v) is 4.44. The summed E-state index contributed by atoms with van der Waals surface area (Å²) in [4.78, 5) is 3.44. The minimum atomic E-state index is 0.768. The summed E-state index contributed by atoms with van der Waals surface area (Å²) in [5, 5.41) is 0. The van der Waals surface area contributed by atoms with Gasteiger partial charge in [-0.2, -0.15) is 0 Å². The molecule has 4 N–H and O–H groups in total. The lowest BCUT2D eigenvalue weighted by molar-refractivity contribution is 0.192. The third-order valence-electron chi connectivity index (χ3n) is 4.16. The number of hydrogen-bond donors (Lipinski definition) is 3. The molecular formula is C16H27N3OS. The van der Waals surface area contributed by atoms with E-state index in [-0.39, 0.29) is 0 Å². The zero-order valence-electron chi connectivity index (χ0n) is 12.6. The van der Waals surface area contributed by atoms with Crippen LogP contribution in [0.3, 0.4) is 0 Å². The van der Waals surface area contributed by atoms with Gasteiger partial charge in [-0.3, -0.25) is 0 Å². The van der Waals surface area contributed by atoms with Crippen LogP contribution in [-0.2, 0) is 6.42 Å². The van der Waals surface area contributed by atoms with Gasteiger partial charge in [0.2, 0.25) is 0 Å². The van der Waals surface area contributed by atoms with E-state index < -0.39 is 0 Å². The van der Waals surface area contributed by atoms with Crippen molar-refractivity contribution in [2.45, 2.75) is 24.2 Å². The minimum Gasteiger partial charge on any atom is -0.493 e. The summed E-state index contributed by atoms with van der Waals surface area (Å²) < 4.78 is 5.32. The summed E-state index contributed by atoms with van der Waals surface area (Å²) in [5.74, 6) is 1.79. The molecule has 0 amide bonds. The van der Waals surface area contributed by atoms with Crippen molar-refractivity contribution in [2.75, 3.05) is 39.3 Å². The molecule has 3 rings (SSSR count). The highest BCUT2D eigenvalue weighted by atomic mass is 32.1. The normalized spacial score (nSPS) is 18.6. The summed E-state index contributed by atoms with van der Waals surface area (Å²) in [6.07, 6.45) is 3.55. The number of fused-ring (bicyclic) bond motifs is 1. The first-order valence-corrected chi connectivity index (χ1v) is 8.25. The minimum absolute atomic E-state index is 0.768. The number of ether oxygens (including phenoxy) is 1. The summed E-state index contributed by atoms with van der Waals surface area (Å²) in [7, 11) is 0. The molecule has 21 heavy (non-hydrogen) atoms. The van der Waals surface area contributed by atoms with Crippen LogP contribution < -0.4 is 16.2 Å². The fourth-order valence-corrected chi connectivity index (χ4v) is 3.03. The summed E-state index contributed by atoms with van der Waals surface area (Å²) in [6, 6.07) is 5.99. The highest BCUT2D eigenvalue weighted by molar-refractivity contribution is 7.80. The van der Waals surface area contributed by atoms with E-state index in [0.717, 1.165) is 49.2 Å². The first kappa shape index (κ1) is 16.6. The molecule has 2 heterocycles. The number of likely N-dealkylation sites (tertiary alicyclic amines) is 1. The van der Waals surface area contributed by atoms with E-state index in [2.05, 4.69) is 23.6 Å². The van der Waals surface area contributed by atoms with Crippen molar-refractivity contribution < 1.29 is 4.74 Å². The second-order valence-corrected chi connectivity index (χ2v) is 6.22. The molecule has 1 fully saturated rings. The van der Waals surface area contributed by atoms with Gasteiger partial charge in [0.05, 0.1) is 6.61 Å². The predicted octanol–water partition coefficient (Wildman–Crippen LogP) is 1.53. The largest absolute Gasteiger partial charge is 0.493 e. The van der Waals surface area contributed by atoms with Crippen molar-refractivity contribution in [3.63, 3.8) is 0 Å². The van der Waals surface area contributed by atoms with Gasteiger partial charge < -0.3 is 21.1 Å². The lowest BCUT2D eigenvalue weighted by atomic mass is 9.97. The SMILES string of the molecule is NCCN1CCC(CN)CC1.Sc1ccc2c(c1)CCO2. The highest BCUT2D eigenvalue weighted by Gasteiger charge is 2.16. The third kappa shape index (κ3) is 5.18. The van der Waals surface area contributed by atoms with Crippen molar-refractivity contribution in [3.8, 4) is 5.75 Å². The Labute approximate surface area is 133 Å². The monoisotopic (exact) mass is 309 g/mol. The Hall–Kier alpha value is -0.750. The number of rotatable bonds is 3. The molecule has 0 saturated carbocycles. The molecule has 0 aliphatic carbocycles. The molecule has 1 aromatic rings. The molecule has 0 unspecified atom stereocenters. The van der Waals surface area contributed by atoms with Gasteiger partial charge >= 0.3 is 0 Å². The van der Waals surface area contributed by atoms with Gasteiger partial charge in [0.25, 0.3) is 0 Å². The topological polar surface area (TPSA) is 64.5 Å². The van der Waals surface area contributed by atoms with Crippen molar-refractivity contribution in [1.82, 2.24) is 4.90 Å². The van der Waals surface area contributed by atoms with Crippen molar-refractivity contribution in [2.24, 2.45) is 17.4 Å². The Kier molecular flexibility index (Phi) is 6.83. The number of thiol groups is 1. The summed E-state index contributed by atoms with van der Waals surface area (Å²) in [6.45, 7) is 5.91. The molecule has 2 aliphatic heterocycles. The van der Waals surface area contributed by atoms with Gasteiger partial charge in [-0.25, -0.2) is 0 Å². The Balaban J connectivity index is 0.000000154. The number of benzene rings is 1. The van der Waals surface area contributed by atoms with Crippen molar-refractivity contribution >= 4 is 12.6 Å². The molecule has 5 heteroatoms. The number of piperidine rings is 1. The van der Waals surface area contributed by atoms with Crippen molar-refractivity contribution in [1.29, 1.82) is 0 Å². The van der Waals surface area contributed by atoms with Crippen LogP contribution in [0.4, 0.5) is 0 Å². The van der Waals surface area contributed by atoms with Crippen LogP contribution in [-0.4, -0.2) is 44.2 Å². The van der Waals surface area contributed by atoms with E-state index in [1.54, 1.807) is 0 Å². The Morgan fingerprint density at radius 2 is 2.00 bits per heavy atom. The zero-order valence-corrected chi connectivity index (χ0v) is 13.5. The van der Waals surface area contributed by atoms with Gasteiger partial charge in [0.1, 0.15) is 5.75 Å². The van der Waals surface area contributed by atoms with Gasteiger partial charge in [0, 0.05) is 24.4 Å². The van der Waals surface area contributed by atoms with Crippen LogP contribution in [0.25, 0.3) is 0 Å². The van der Waals surface area contributed by atoms with E-state index in [1.807, 2.05) is 12.1 Å². The number of hydrogen-bond acceptors (Lipinski definition) is 5. The molecule has 0 spiro atoms. The Morgan fingerprint density at radius 3 is 2.67 bits per heavy atom. The predicted molar refractivity (Wildman–Crippen MR) is 90.2 cm³/mol. The Morgan fingerprint density at radius 1 is 1.24 bits per heavy atom. The van der Waals surface area contributed by atoms with Gasteiger partial charge in [-0.15, -0.1) is 12.6 Å². The first-order valence-electron chi connectivity index (χ1n) is 7.80. The van der Waals surface area contributed by atoms with Crippen molar-refractivity contribution in [3.05, 3.63) is 23.8 Å². The maximum atomic E-state index is 5.58. The highest BCUT2D eigenvalue weighted by Crippen LogP contribution is 2.26. The lowest BCUT2D eigenvalue weighted by Gasteiger charge is -2.30. The molecule has 2 aliphatic rings. The van der Waals surface area contributed by atoms with E-state index in [9.17, 15) is 0 Å². The number of nitrogens with two attached hydrogens (primary N) is 2. The van der Waals surface area contributed by atoms with Gasteiger partial charge in [-0.1, -0.05) is 0 Å². The molecule has 1 aromatic carbocycles. The lowest BCUT2D eigenvalue weighted by Crippen LogP contribution is -2.38. The van der Waals surface area contributed by atoms with Crippen LogP contribution in [0.1, 0.15) is 18.4 Å². The molecule has 0 aromatic heterocycles. The Bertz CT molecular complexity index is 434. The quantitative estimate of drug-likeness (QED) is 0.741. The standard InChI is InChI=1S/C8H19N3.C8H8OS/c9-3-6-11-4-1-8(7-10)2-5-11;10-7-1-2-8-6(5-7)3-4-9-8/h8H,1-7,9-10H2;1-2,5,10H,3-4H2. The second-order valence-electron chi connectivity index (χ2n) is 5.70. The molecule has 0 bridgehead atoms. The smallest absolute Gasteiger partial charge is 0.122 e. The first-order chi connectivity index (χ1) is 10.2. The molecule has 118 valence electrons. The van der Waals surface area contributed by atoms with Gasteiger partial charge in [0.15, 0.2) is 0 Å². The van der Waals surface area contributed by atoms with E-state index in [0.29, 0.717) is 0 Å². The van der Waals surface area contributed by atoms with Crippen LogP contribution in [0.5, 0.6) is 5.75 Å². The van der Waals surface area contributed by atoms with Crippen LogP contribution >= 0.6 is 12.6 Å². The van der Waals surface area contributed by atoms with E-state index in [1.165, 1.54) is 31.5 Å². The van der Waals surface area contributed by atoms with Crippen LogP contribution in [0, 0.1) is 5.92 Å². The summed E-state index contributed by atoms with van der Waals surface area (Å²) >= 11 is 4.23. The van der Waals surface area contributed by atoms with Gasteiger partial charge in [-0.05, 0) is 62.2 Å². The zero-order chi connectivity index (χ0) is 15.1. The molecule has 1 saturated heterocycles. The average molecular weight is 309 g/mol. The average Bonchev–Trinajstić information content (AvgIpc) is 2.96. The second kappa shape index (κ2) is 8.63. The fraction of sp³-hybridized carbons (Fsp3) is 0.625. The molecule has 0 atom stereocenters. The maximum Gasteiger partial charge on any atom is 0.122 e. The van der Waals surface area contributed by atoms with E-state index in [4.69, 9.17) is 16.2 Å². The molecule has 4 nitrogen and oxygen atoms in total. The number of nitrogens with zero attached hydrogens (tertiary/aromatic N) is 1. The molecular weight excluding hydrogens is 282 g/mol. The maximum absolute atomic E-state index is 5.58. The van der Waals surface area contributed by atoms with Crippen LogP contribution in [0.2, 0.25) is 0 Å². The fourth-order valence-electron chi connectivity index (χ4n) is 2.80. The van der Waals surface area contributed by atoms with E-state index >= 15 is 0 Å². The summed E-state index contributed by atoms with van der Waals surface area (Å²) in [5.41, 5.74) is 12.3. The molecule has 0 radical (unpaired) electrons. The van der Waals surface area contributed by atoms with Crippen LogP contribution in [0.15, 0.2) is 23.1 Å².